The number of nitrogens with zero attached hydrogens (tertiary/aromatic N) is 2. The molecule has 0 amide bonds. The minimum absolute atomic E-state index is 0.141. The summed E-state index contributed by atoms with van der Waals surface area (Å²) in [7, 11) is 1.78. The maximum Gasteiger partial charge on any atom is 0.128 e. The van der Waals surface area contributed by atoms with Crippen LogP contribution in [0.2, 0.25) is 0 Å². The molecule has 0 aromatic carbocycles. The molecule has 1 fully saturated rings. The Morgan fingerprint density at radius 1 is 1.40 bits per heavy atom. The lowest BCUT2D eigenvalue weighted by molar-refractivity contribution is 0.0708. The molecule has 0 saturated carbocycles. The maximum absolute atomic E-state index is 5.92. The zero-order valence-corrected chi connectivity index (χ0v) is 13.1. The van der Waals surface area contributed by atoms with Crippen molar-refractivity contribution >= 4 is 5.82 Å². The standard InChI is InChI=1S/C16H27N3O/c1-16(2,3)12-5-6-15(18-11-12)19-8-7-14(20-4)9-13(19)10-17/h5-6,11,13-14H,7-10,17H2,1-4H3. The van der Waals surface area contributed by atoms with Crippen molar-refractivity contribution in [2.45, 2.75) is 51.2 Å². The van der Waals surface area contributed by atoms with E-state index in [1.165, 1.54) is 5.56 Å². The second-order valence-corrected chi connectivity index (χ2v) is 6.62. The van der Waals surface area contributed by atoms with Gasteiger partial charge in [-0.2, -0.15) is 0 Å². The number of hydrogen-bond acceptors (Lipinski definition) is 4. The zero-order valence-electron chi connectivity index (χ0n) is 13.1. The highest BCUT2D eigenvalue weighted by Gasteiger charge is 2.28. The molecule has 112 valence electrons. The SMILES string of the molecule is COC1CCN(c2ccc(C(C)(C)C)cn2)C(CN)C1. The van der Waals surface area contributed by atoms with Crippen LogP contribution in [0.15, 0.2) is 18.3 Å². The number of methoxy groups -OCH3 is 1. The molecule has 1 saturated heterocycles. The van der Waals surface area contributed by atoms with E-state index in [4.69, 9.17) is 10.5 Å². The van der Waals surface area contributed by atoms with Gasteiger partial charge in [0.05, 0.1) is 6.10 Å². The van der Waals surface area contributed by atoms with Crippen molar-refractivity contribution in [3.8, 4) is 0 Å². The number of hydrogen-bond donors (Lipinski definition) is 1. The van der Waals surface area contributed by atoms with E-state index in [9.17, 15) is 0 Å². The summed E-state index contributed by atoms with van der Waals surface area (Å²) in [5.41, 5.74) is 7.32. The molecule has 4 heteroatoms. The molecule has 1 aromatic rings. The fraction of sp³-hybridized carbons (Fsp3) is 0.688. The van der Waals surface area contributed by atoms with Crippen LogP contribution in [0.3, 0.4) is 0 Å². The summed E-state index contributed by atoms with van der Waals surface area (Å²) in [5, 5.41) is 0. The van der Waals surface area contributed by atoms with Crippen molar-refractivity contribution < 1.29 is 4.74 Å². The molecule has 0 radical (unpaired) electrons. The number of pyridine rings is 1. The van der Waals surface area contributed by atoms with Gasteiger partial charge < -0.3 is 15.4 Å². The first-order valence-electron chi connectivity index (χ1n) is 7.41. The molecule has 2 heterocycles. The smallest absolute Gasteiger partial charge is 0.128 e. The predicted molar refractivity (Wildman–Crippen MR) is 83.2 cm³/mol. The number of nitrogens with two attached hydrogens (primary N) is 1. The van der Waals surface area contributed by atoms with Gasteiger partial charge in [0.25, 0.3) is 0 Å². The Morgan fingerprint density at radius 2 is 2.15 bits per heavy atom. The van der Waals surface area contributed by atoms with E-state index in [2.05, 4.69) is 42.8 Å². The van der Waals surface area contributed by atoms with Crippen LogP contribution in [0.25, 0.3) is 0 Å². The molecule has 2 rings (SSSR count). The normalized spacial score (nSPS) is 23.9. The highest BCUT2D eigenvalue weighted by Crippen LogP contribution is 2.27. The fourth-order valence-electron chi connectivity index (χ4n) is 2.75. The number of piperidine rings is 1. The monoisotopic (exact) mass is 277 g/mol. The van der Waals surface area contributed by atoms with E-state index < -0.39 is 0 Å². The van der Waals surface area contributed by atoms with E-state index in [0.29, 0.717) is 18.7 Å². The second-order valence-electron chi connectivity index (χ2n) is 6.62. The molecule has 20 heavy (non-hydrogen) atoms. The summed E-state index contributed by atoms with van der Waals surface area (Å²) in [6.45, 7) is 8.22. The minimum Gasteiger partial charge on any atom is -0.381 e. The Bertz CT molecular complexity index is 424. The summed E-state index contributed by atoms with van der Waals surface area (Å²) < 4.78 is 5.47. The lowest BCUT2D eigenvalue weighted by Crippen LogP contribution is -2.49. The fourth-order valence-corrected chi connectivity index (χ4v) is 2.75. The third-order valence-corrected chi connectivity index (χ3v) is 4.18. The zero-order chi connectivity index (χ0) is 14.8. The van der Waals surface area contributed by atoms with Gasteiger partial charge in [-0.3, -0.25) is 0 Å². The Balaban J connectivity index is 2.14. The molecule has 1 aliphatic heterocycles. The van der Waals surface area contributed by atoms with Gasteiger partial charge in [0.15, 0.2) is 0 Å². The number of rotatable bonds is 3. The van der Waals surface area contributed by atoms with Gasteiger partial charge in [0, 0.05) is 32.4 Å². The second kappa shape index (κ2) is 6.10. The molecule has 1 aromatic heterocycles. The van der Waals surface area contributed by atoms with Gasteiger partial charge in [-0.05, 0) is 29.9 Å². The van der Waals surface area contributed by atoms with Gasteiger partial charge in [-0.1, -0.05) is 26.8 Å². The summed E-state index contributed by atoms with van der Waals surface area (Å²) in [4.78, 5) is 6.97. The Morgan fingerprint density at radius 3 is 2.65 bits per heavy atom. The highest BCUT2D eigenvalue weighted by molar-refractivity contribution is 5.42. The van der Waals surface area contributed by atoms with E-state index in [1.54, 1.807) is 7.11 Å². The summed E-state index contributed by atoms with van der Waals surface area (Å²) in [6.07, 6.45) is 4.34. The number of aromatic nitrogens is 1. The Hall–Kier alpha value is -1.13. The van der Waals surface area contributed by atoms with Crippen LogP contribution in [0.1, 0.15) is 39.2 Å². The van der Waals surface area contributed by atoms with Crippen LogP contribution < -0.4 is 10.6 Å². The molecular formula is C16H27N3O. The third kappa shape index (κ3) is 3.30. The summed E-state index contributed by atoms with van der Waals surface area (Å²) in [6, 6.07) is 4.62. The minimum atomic E-state index is 0.141. The molecule has 0 spiro atoms. The molecule has 2 atom stereocenters. The number of anilines is 1. The first-order valence-corrected chi connectivity index (χ1v) is 7.41. The van der Waals surface area contributed by atoms with E-state index in [1.807, 2.05) is 6.20 Å². The highest BCUT2D eigenvalue weighted by atomic mass is 16.5. The third-order valence-electron chi connectivity index (χ3n) is 4.18. The van der Waals surface area contributed by atoms with Crippen LogP contribution in [-0.4, -0.2) is 37.3 Å². The maximum atomic E-state index is 5.92. The van der Waals surface area contributed by atoms with Crippen molar-refractivity contribution in [1.29, 1.82) is 0 Å². The van der Waals surface area contributed by atoms with Crippen molar-refractivity contribution in [2.24, 2.45) is 5.73 Å². The van der Waals surface area contributed by atoms with Gasteiger partial charge in [0.1, 0.15) is 5.82 Å². The van der Waals surface area contributed by atoms with E-state index in [0.717, 1.165) is 25.2 Å². The van der Waals surface area contributed by atoms with Crippen LogP contribution in [0.4, 0.5) is 5.82 Å². The van der Waals surface area contributed by atoms with Crippen molar-refractivity contribution in [2.75, 3.05) is 25.1 Å². The van der Waals surface area contributed by atoms with Crippen LogP contribution in [-0.2, 0) is 10.2 Å². The molecule has 4 nitrogen and oxygen atoms in total. The molecule has 1 aliphatic rings. The van der Waals surface area contributed by atoms with Crippen molar-refractivity contribution in [1.82, 2.24) is 4.98 Å². The van der Waals surface area contributed by atoms with Gasteiger partial charge in [0.2, 0.25) is 0 Å². The molecule has 2 N–H and O–H groups in total. The van der Waals surface area contributed by atoms with Gasteiger partial charge >= 0.3 is 0 Å². The largest absolute Gasteiger partial charge is 0.381 e. The lowest BCUT2D eigenvalue weighted by Gasteiger charge is -2.39. The summed E-state index contributed by atoms with van der Waals surface area (Å²) >= 11 is 0. The topological polar surface area (TPSA) is 51.4 Å². The molecule has 2 unspecified atom stereocenters. The quantitative estimate of drug-likeness (QED) is 0.921. The van der Waals surface area contributed by atoms with Crippen LogP contribution in [0, 0.1) is 0 Å². The Kier molecular flexibility index (Phi) is 4.66. The predicted octanol–water partition coefficient (Wildman–Crippen LogP) is 2.32. The average Bonchev–Trinajstić information content (AvgIpc) is 2.45. The van der Waals surface area contributed by atoms with Crippen molar-refractivity contribution in [3.63, 3.8) is 0 Å². The lowest BCUT2D eigenvalue weighted by atomic mass is 9.88. The Labute approximate surface area is 122 Å². The van der Waals surface area contributed by atoms with E-state index in [-0.39, 0.29) is 5.41 Å². The number of ether oxygens (including phenoxy) is 1. The average molecular weight is 277 g/mol. The van der Waals surface area contributed by atoms with Gasteiger partial charge in [-0.25, -0.2) is 4.98 Å². The van der Waals surface area contributed by atoms with E-state index >= 15 is 0 Å². The first-order chi connectivity index (χ1) is 9.45. The summed E-state index contributed by atoms with van der Waals surface area (Å²) in [5.74, 6) is 1.03. The molecule has 0 aliphatic carbocycles. The van der Waals surface area contributed by atoms with Gasteiger partial charge in [-0.15, -0.1) is 0 Å². The van der Waals surface area contributed by atoms with Crippen molar-refractivity contribution in [3.05, 3.63) is 23.9 Å². The van der Waals surface area contributed by atoms with Crippen LogP contribution in [0.5, 0.6) is 0 Å². The molecular weight excluding hydrogens is 250 g/mol. The first kappa shape index (κ1) is 15.3. The van der Waals surface area contributed by atoms with Crippen LogP contribution >= 0.6 is 0 Å². The molecule has 0 bridgehead atoms.